The zero-order valence-corrected chi connectivity index (χ0v) is 22.1. The minimum absolute atomic E-state index is 0.0435. The fourth-order valence-electron chi connectivity index (χ4n) is 3.79. The van der Waals surface area contributed by atoms with Crippen LogP contribution in [0.25, 0.3) is 0 Å². The van der Waals surface area contributed by atoms with Gasteiger partial charge in [-0.05, 0) is 36.2 Å². The number of aryl methyl sites for hydroxylation is 1. The number of nitrogens with one attached hydrogen (secondary N) is 1. The van der Waals surface area contributed by atoms with E-state index in [9.17, 15) is 18.0 Å². The van der Waals surface area contributed by atoms with Gasteiger partial charge in [0.05, 0.1) is 11.4 Å². The Balaban J connectivity index is 1.95. The molecule has 7 nitrogen and oxygen atoms in total. The van der Waals surface area contributed by atoms with Crippen molar-refractivity contribution in [3.8, 4) is 0 Å². The van der Waals surface area contributed by atoms with E-state index in [0.29, 0.717) is 10.6 Å². The minimum atomic E-state index is -3.92. The fourth-order valence-corrected chi connectivity index (χ4v) is 5.10. The Morgan fingerprint density at radius 1 is 0.944 bits per heavy atom. The number of hydrogen-bond acceptors (Lipinski definition) is 4. The van der Waals surface area contributed by atoms with Gasteiger partial charge in [-0.15, -0.1) is 0 Å². The minimum Gasteiger partial charge on any atom is -0.357 e. The summed E-state index contributed by atoms with van der Waals surface area (Å²) in [7, 11) is -1.06. The zero-order chi connectivity index (χ0) is 26.3. The molecule has 0 saturated carbocycles. The molecule has 36 heavy (non-hydrogen) atoms. The van der Waals surface area contributed by atoms with Gasteiger partial charge in [-0.2, -0.15) is 4.31 Å². The summed E-state index contributed by atoms with van der Waals surface area (Å²) in [5.74, 6) is -0.874. The number of carbonyl (C=O) groups is 2. The summed E-state index contributed by atoms with van der Waals surface area (Å²) < 4.78 is 27.2. The lowest BCUT2D eigenvalue weighted by atomic mass is 10.0. The maximum Gasteiger partial charge on any atom is 0.243 e. The van der Waals surface area contributed by atoms with Gasteiger partial charge < -0.3 is 10.2 Å². The van der Waals surface area contributed by atoms with Crippen molar-refractivity contribution in [2.75, 3.05) is 20.6 Å². The molecule has 0 aliphatic heterocycles. The van der Waals surface area contributed by atoms with Crippen molar-refractivity contribution in [2.45, 2.75) is 30.8 Å². The second-order valence-corrected chi connectivity index (χ2v) is 11.0. The highest BCUT2D eigenvalue weighted by molar-refractivity contribution is 7.89. The van der Waals surface area contributed by atoms with Crippen LogP contribution in [0.4, 0.5) is 0 Å². The number of rotatable bonds is 10. The van der Waals surface area contributed by atoms with Crippen LogP contribution < -0.4 is 5.32 Å². The Kier molecular flexibility index (Phi) is 9.25. The predicted molar refractivity (Wildman–Crippen MR) is 141 cm³/mol. The first-order valence-electron chi connectivity index (χ1n) is 11.4. The summed E-state index contributed by atoms with van der Waals surface area (Å²) in [5, 5.41) is 3.09. The van der Waals surface area contributed by atoms with Gasteiger partial charge in [0.2, 0.25) is 21.8 Å². The summed E-state index contributed by atoms with van der Waals surface area (Å²) >= 11 is 6.38. The molecule has 0 aliphatic carbocycles. The molecular formula is C27H30ClN3O4S. The monoisotopic (exact) mass is 527 g/mol. The Bertz CT molecular complexity index is 1300. The fraction of sp³-hybridized carbons (Fsp3) is 0.259. The summed E-state index contributed by atoms with van der Waals surface area (Å²) in [4.78, 5) is 28.1. The van der Waals surface area contributed by atoms with E-state index in [4.69, 9.17) is 11.6 Å². The number of likely N-dealkylation sites (N-methyl/N-ethyl adjacent to an activating group) is 2. The molecule has 2 amide bonds. The highest BCUT2D eigenvalue weighted by atomic mass is 35.5. The van der Waals surface area contributed by atoms with Gasteiger partial charge in [-0.1, -0.05) is 77.8 Å². The van der Waals surface area contributed by atoms with Gasteiger partial charge in [0, 0.05) is 32.1 Å². The van der Waals surface area contributed by atoms with Gasteiger partial charge in [-0.25, -0.2) is 8.42 Å². The summed E-state index contributed by atoms with van der Waals surface area (Å²) in [6.45, 7) is 1.46. The number of hydrogen-bond donors (Lipinski definition) is 1. The molecule has 0 fully saturated rings. The van der Waals surface area contributed by atoms with E-state index in [0.717, 1.165) is 15.4 Å². The molecule has 3 aromatic carbocycles. The van der Waals surface area contributed by atoms with E-state index in [1.54, 1.807) is 36.4 Å². The van der Waals surface area contributed by atoms with Crippen molar-refractivity contribution < 1.29 is 18.0 Å². The number of benzene rings is 3. The molecule has 3 rings (SSSR count). The molecule has 1 atom stereocenters. The van der Waals surface area contributed by atoms with Crippen LogP contribution in [0.5, 0.6) is 0 Å². The van der Waals surface area contributed by atoms with E-state index < -0.39 is 28.5 Å². The number of nitrogens with zero attached hydrogens (tertiary/aromatic N) is 2. The van der Waals surface area contributed by atoms with E-state index in [1.807, 2.05) is 37.3 Å². The molecule has 190 valence electrons. The van der Waals surface area contributed by atoms with Crippen LogP contribution in [0.2, 0.25) is 5.02 Å². The van der Waals surface area contributed by atoms with Gasteiger partial charge in [-0.3, -0.25) is 9.59 Å². The van der Waals surface area contributed by atoms with E-state index in [-0.39, 0.29) is 23.8 Å². The zero-order valence-electron chi connectivity index (χ0n) is 20.5. The van der Waals surface area contributed by atoms with Crippen LogP contribution in [-0.2, 0) is 32.6 Å². The molecule has 0 spiro atoms. The third-order valence-electron chi connectivity index (χ3n) is 5.90. The number of halogens is 1. The molecule has 0 heterocycles. The standard InChI is InChI=1S/C27H30ClN3O4S/c1-20-13-15-23(16-14-20)36(34,35)30(3)19-26(32)31(18-22-11-7-8-12-24(22)28)25(27(33)29-2)17-21-9-5-4-6-10-21/h4-16,25H,17-19H2,1-3H3,(H,29,33). The van der Waals surface area contributed by atoms with Gasteiger partial charge in [0.15, 0.2) is 0 Å². The predicted octanol–water partition coefficient (Wildman–Crippen LogP) is 3.66. The van der Waals surface area contributed by atoms with Gasteiger partial charge in [0.1, 0.15) is 6.04 Å². The quantitative estimate of drug-likeness (QED) is 0.436. The summed E-state index contributed by atoms with van der Waals surface area (Å²) in [6.07, 6.45) is 0.255. The normalized spacial score (nSPS) is 12.2. The van der Waals surface area contributed by atoms with Crippen molar-refractivity contribution in [3.63, 3.8) is 0 Å². The molecule has 1 N–H and O–H groups in total. The van der Waals surface area contributed by atoms with Crippen molar-refractivity contribution in [2.24, 2.45) is 0 Å². The van der Waals surface area contributed by atoms with E-state index in [2.05, 4.69) is 5.32 Å². The van der Waals surface area contributed by atoms with Crippen molar-refractivity contribution >= 4 is 33.4 Å². The smallest absolute Gasteiger partial charge is 0.243 e. The SMILES string of the molecule is CNC(=O)C(Cc1ccccc1)N(Cc1ccccc1Cl)C(=O)CN(C)S(=O)(=O)c1ccc(C)cc1. The molecule has 0 bridgehead atoms. The van der Waals surface area contributed by atoms with Crippen molar-refractivity contribution in [1.29, 1.82) is 0 Å². The first kappa shape index (κ1) is 27.4. The molecule has 0 radical (unpaired) electrons. The summed E-state index contributed by atoms with van der Waals surface area (Å²) in [6, 6.07) is 21.9. The maximum atomic E-state index is 13.7. The Morgan fingerprint density at radius 2 is 1.56 bits per heavy atom. The van der Waals surface area contributed by atoms with E-state index >= 15 is 0 Å². The number of carbonyl (C=O) groups excluding carboxylic acids is 2. The lowest BCUT2D eigenvalue weighted by Crippen LogP contribution is -2.52. The van der Waals surface area contributed by atoms with Crippen LogP contribution in [0.3, 0.4) is 0 Å². The third kappa shape index (κ3) is 6.72. The Hall–Kier alpha value is -3.20. The summed E-state index contributed by atoms with van der Waals surface area (Å²) in [5.41, 5.74) is 2.44. The molecule has 0 aliphatic rings. The molecule has 9 heteroatoms. The highest BCUT2D eigenvalue weighted by Gasteiger charge is 2.32. The third-order valence-corrected chi connectivity index (χ3v) is 8.09. The number of sulfonamides is 1. The lowest BCUT2D eigenvalue weighted by molar-refractivity contribution is -0.141. The molecular weight excluding hydrogens is 498 g/mol. The average molecular weight is 528 g/mol. The van der Waals surface area contributed by atoms with Crippen molar-refractivity contribution in [3.05, 3.63) is 101 Å². The molecule has 3 aromatic rings. The van der Waals surface area contributed by atoms with Gasteiger partial charge in [0.25, 0.3) is 0 Å². The topological polar surface area (TPSA) is 86.8 Å². The van der Waals surface area contributed by atoms with E-state index in [1.165, 1.54) is 31.1 Å². The Labute approximate surface area is 217 Å². The van der Waals surface area contributed by atoms with Crippen molar-refractivity contribution in [1.82, 2.24) is 14.5 Å². The Morgan fingerprint density at radius 3 is 2.17 bits per heavy atom. The average Bonchev–Trinajstić information content (AvgIpc) is 2.87. The van der Waals surface area contributed by atoms with Crippen LogP contribution >= 0.6 is 11.6 Å². The second-order valence-electron chi connectivity index (χ2n) is 8.51. The maximum absolute atomic E-state index is 13.7. The molecule has 0 saturated heterocycles. The molecule has 1 unspecified atom stereocenters. The second kappa shape index (κ2) is 12.2. The first-order chi connectivity index (χ1) is 17.1. The van der Waals surface area contributed by atoms with Crippen LogP contribution in [0.1, 0.15) is 16.7 Å². The molecule has 0 aromatic heterocycles. The number of amides is 2. The first-order valence-corrected chi connectivity index (χ1v) is 13.3. The highest BCUT2D eigenvalue weighted by Crippen LogP contribution is 2.22. The van der Waals surface area contributed by atoms with Crippen LogP contribution in [-0.4, -0.2) is 56.1 Å². The van der Waals surface area contributed by atoms with Crippen LogP contribution in [0, 0.1) is 6.92 Å². The van der Waals surface area contributed by atoms with Crippen LogP contribution in [0.15, 0.2) is 83.8 Å². The lowest BCUT2D eigenvalue weighted by Gasteiger charge is -2.32. The largest absolute Gasteiger partial charge is 0.357 e. The van der Waals surface area contributed by atoms with Gasteiger partial charge >= 0.3 is 0 Å².